The summed E-state index contributed by atoms with van der Waals surface area (Å²) >= 11 is 0. The summed E-state index contributed by atoms with van der Waals surface area (Å²) in [6.45, 7) is 2.36. The van der Waals surface area contributed by atoms with E-state index in [0.29, 0.717) is 13.0 Å². The molecule has 4 heteroatoms. The first kappa shape index (κ1) is 8.46. The van der Waals surface area contributed by atoms with Gasteiger partial charge >= 0.3 is 0 Å². The van der Waals surface area contributed by atoms with E-state index in [0.717, 1.165) is 0 Å². The molecule has 1 fully saturated rings. The van der Waals surface area contributed by atoms with E-state index in [1.165, 1.54) is 4.90 Å². The van der Waals surface area contributed by atoms with Gasteiger partial charge in [-0.25, -0.2) is 4.39 Å². The van der Waals surface area contributed by atoms with Crippen molar-refractivity contribution in [1.29, 1.82) is 0 Å². The first-order valence-corrected chi connectivity index (χ1v) is 3.79. The van der Waals surface area contributed by atoms with Crippen LogP contribution in [0.5, 0.6) is 0 Å². The zero-order valence-electron chi connectivity index (χ0n) is 6.59. The van der Waals surface area contributed by atoms with E-state index in [9.17, 15) is 9.18 Å². The molecule has 1 aliphatic rings. The van der Waals surface area contributed by atoms with E-state index < -0.39 is 12.2 Å². The van der Waals surface area contributed by atoms with Gasteiger partial charge in [-0.1, -0.05) is 0 Å². The highest BCUT2D eigenvalue weighted by Crippen LogP contribution is 2.12. The van der Waals surface area contributed by atoms with Gasteiger partial charge in [0.05, 0.1) is 12.6 Å². The Morgan fingerprint density at radius 1 is 1.82 bits per heavy atom. The lowest BCUT2D eigenvalue weighted by atomic mass is 10.3. The third-order valence-electron chi connectivity index (χ3n) is 1.83. The number of halogens is 1. The van der Waals surface area contributed by atoms with Gasteiger partial charge in [0.15, 0.2) is 0 Å². The van der Waals surface area contributed by atoms with E-state index in [1.807, 2.05) is 0 Å². The molecule has 2 atom stereocenters. The molecular formula is C7H13FN2O. The second-order valence-corrected chi connectivity index (χ2v) is 2.96. The van der Waals surface area contributed by atoms with Gasteiger partial charge in [0.1, 0.15) is 6.17 Å². The fraction of sp³-hybridized carbons (Fsp3) is 0.857. The average molecular weight is 160 g/mol. The van der Waals surface area contributed by atoms with Crippen molar-refractivity contribution < 1.29 is 9.18 Å². The smallest absolute Gasteiger partial charge is 0.239 e. The zero-order valence-corrected chi connectivity index (χ0v) is 6.59. The largest absolute Gasteiger partial charge is 0.338 e. The van der Waals surface area contributed by atoms with Crippen LogP contribution >= 0.6 is 0 Å². The normalized spacial score (nSPS) is 27.2. The Labute approximate surface area is 65.3 Å². The Hall–Kier alpha value is -0.640. The number of alkyl halides is 1. The monoisotopic (exact) mass is 160 g/mol. The van der Waals surface area contributed by atoms with Crippen LogP contribution in [0.4, 0.5) is 4.39 Å². The molecule has 11 heavy (non-hydrogen) atoms. The quantitative estimate of drug-likeness (QED) is 0.582. The van der Waals surface area contributed by atoms with Crippen LogP contribution in [0.1, 0.15) is 13.3 Å². The van der Waals surface area contributed by atoms with Gasteiger partial charge in [-0.05, 0) is 13.3 Å². The first-order valence-electron chi connectivity index (χ1n) is 3.79. The summed E-state index contributed by atoms with van der Waals surface area (Å²) in [7, 11) is 0. The summed E-state index contributed by atoms with van der Waals surface area (Å²) in [5.74, 6) is -0.148. The Morgan fingerprint density at radius 2 is 2.45 bits per heavy atom. The first-order chi connectivity index (χ1) is 5.11. The van der Waals surface area contributed by atoms with Crippen molar-refractivity contribution in [3.63, 3.8) is 0 Å². The van der Waals surface area contributed by atoms with Gasteiger partial charge in [-0.15, -0.1) is 0 Å². The molecule has 0 bridgehead atoms. The Kier molecular flexibility index (Phi) is 2.44. The maximum absolute atomic E-state index is 12.6. The zero-order chi connectivity index (χ0) is 8.43. The predicted octanol–water partition coefficient (Wildman–Crippen LogP) is -0.0960. The summed E-state index contributed by atoms with van der Waals surface area (Å²) in [6, 6.07) is -0.500. The molecular weight excluding hydrogens is 147 g/mol. The molecule has 0 aromatic heterocycles. The van der Waals surface area contributed by atoms with E-state index in [-0.39, 0.29) is 12.5 Å². The molecule has 3 nitrogen and oxygen atoms in total. The molecule has 0 radical (unpaired) electrons. The second-order valence-electron chi connectivity index (χ2n) is 2.96. The number of likely N-dealkylation sites (tertiary alicyclic amines) is 1. The molecule has 1 rings (SSSR count). The SMILES string of the molecule is CC(N)C(=O)N1CCC(F)C1. The van der Waals surface area contributed by atoms with Crippen molar-refractivity contribution in [2.45, 2.75) is 25.6 Å². The average Bonchev–Trinajstić information content (AvgIpc) is 2.34. The highest BCUT2D eigenvalue weighted by molar-refractivity contribution is 5.81. The van der Waals surface area contributed by atoms with Crippen LogP contribution in [0.15, 0.2) is 0 Å². The van der Waals surface area contributed by atoms with Crippen LogP contribution in [0.3, 0.4) is 0 Å². The van der Waals surface area contributed by atoms with E-state index in [2.05, 4.69) is 0 Å². The van der Waals surface area contributed by atoms with Gasteiger partial charge in [-0.3, -0.25) is 4.79 Å². The van der Waals surface area contributed by atoms with Crippen LogP contribution in [0.25, 0.3) is 0 Å². The fourth-order valence-corrected chi connectivity index (χ4v) is 1.21. The molecule has 64 valence electrons. The minimum Gasteiger partial charge on any atom is -0.338 e. The Balaban J connectivity index is 2.43. The lowest BCUT2D eigenvalue weighted by molar-refractivity contribution is -0.131. The summed E-state index contributed by atoms with van der Waals surface area (Å²) in [5, 5.41) is 0. The van der Waals surface area contributed by atoms with Crippen LogP contribution in [0, 0.1) is 0 Å². The minimum atomic E-state index is -0.849. The van der Waals surface area contributed by atoms with Crippen LogP contribution < -0.4 is 5.73 Å². The topological polar surface area (TPSA) is 46.3 Å². The van der Waals surface area contributed by atoms with E-state index in [4.69, 9.17) is 5.73 Å². The molecule has 1 heterocycles. The number of nitrogens with two attached hydrogens (primary N) is 1. The maximum Gasteiger partial charge on any atom is 0.239 e. The summed E-state index contributed by atoms with van der Waals surface area (Å²) in [6.07, 6.45) is -0.393. The third-order valence-corrected chi connectivity index (χ3v) is 1.83. The minimum absolute atomic E-state index is 0.148. The fourth-order valence-electron chi connectivity index (χ4n) is 1.21. The van der Waals surface area contributed by atoms with Crippen molar-refractivity contribution in [3.8, 4) is 0 Å². The van der Waals surface area contributed by atoms with Crippen molar-refractivity contribution in [2.75, 3.05) is 13.1 Å². The Bertz CT molecular complexity index is 161. The molecule has 0 aromatic rings. The number of amides is 1. The van der Waals surface area contributed by atoms with Crippen molar-refractivity contribution in [3.05, 3.63) is 0 Å². The number of nitrogens with zero attached hydrogens (tertiary/aromatic N) is 1. The molecule has 1 saturated heterocycles. The third kappa shape index (κ3) is 1.89. The van der Waals surface area contributed by atoms with Gasteiger partial charge in [0.25, 0.3) is 0 Å². The van der Waals surface area contributed by atoms with Crippen molar-refractivity contribution in [2.24, 2.45) is 5.73 Å². The lowest BCUT2D eigenvalue weighted by Crippen LogP contribution is -2.40. The molecule has 0 aromatic carbocycles. The molecule has 0 aliphatic carbocycles. The second kappa shape index (κ2) is 3.17. The number of hydrogen-bond donors (Lipinski definition) is 1. The Morgan fingerprint density at radius 3 is 2.82 bits per heavy atom. The molecule has 0 spiro atoms. The standard InChI is InChI=1S/C7H13FN2O/c1-5(9)7(11)10-3-2-6(8)4-10/h5-6H,2-4,9H2,1H3. The molecule has 2 N–H and O–H groups in total. The number of hydrogen-bond acceptors (Lipinski definition) is 2. The molecule has 2 unspecified atom stereocenters. The molecule has 0 saturated carbocycles. The lowest BCUT2D eigenvalue weighted by Gasteiger charge is -2.16. The summed E-state index contributed by atoms with van der Waals surface area (Å²) in [4.78, 5) is 12.6. The van der Waals surface area contributed by atoms with Gasteiger partial charge in [0, 0.05) is 6.54 Å². The van der Waals surface area contributed by atoms with Crippen molar-refractivity contribution >= 4 is 5.91 Å². The van der Waals surface area contributed by atoms with Gasteiger partial charge < -0.3 is 10.6 Å². The van der Waals surface area contributed by atoms with Gasteiger partial charge in [-0.2, -0.15) is 0 Å². The highest BCUT2D eigenvalue weighted by Gasteiger charge is 2.27. The molecule has 1 aliphatic heterocycles. The van der Waals surface area contributed by atoms with Crippen LogP contribution in [-0.2, 0) is 4.79 Å². The highest BCUT2D eigenvalue weighted by atomic mass is 19.1. The van der Waals surface area contributed by atoms with Crippen molar-refractivity contribution in [1.82, 2.24) is 4.90 Å². The van der Waals surface area contributed by atoms with E-state index in [1.54, 1.807) is 6.92 Å². The number of carbonyl (C=O) groups is 1. The van der Waals surface area contributed by atoms with Crippen LogP contribution in [-0.4, -0.2) is 36.1 Å². The van der Waals surface area contributed by atoms with Gasteiger partial charge in [0.2, 0.25) is 5.91 Å². The molecule has 1 amide bonds. The number of carbonyl (C=O) groups excluding carboxylic acids is 1. The van der Waals surface area contributed by atoms with E-state index >= 15 is 0 Å². The maximum atomic E-state index is 12.6. The summed E-state index contributed by atoms with van der Waals surface area (Å²) < 4.78 is 12.6. The number of rotatable bonds is 1. The predicted molar refractivity (Wildman–Crippen MR) is 39.7 cm³/mol. The summed E-state index contributed by atoms with van der Waals surface area (Å²) in [5.41, 5.74) is 5.35. The van der Waals surface area contributed by atoms with Crippen LogP contribution in [0.2, 0.25) is 0 Å².